The van der Waals surface area contributed by atoms with E-state index in [2.05, 4.69) is 9.97 Å². The normalized spacial score (nSPS) is 20.6. The molecule has 2 aromatic rings. The zero-order valence-electron chi connectivity index (χ0n) is 17.1. The summed E-state index contributed by atoms with van der Waals surface area (Å²) in [4.78, 5) is 33.6. The number of phenols is 1. The first-order valence-electron chi connectivity index (χ1n) is 10.2. The number of fused-ring (bicyclic) bond motifs is 1. The number of carbonyl (C=O) groups is 1. The van der Waals surface area contributed by atoms with E-state index in [9.17, 15) is 19.1 Å². The smallest absolute Gasteiger partial charge is 0.410 e. The van der Waals surface area contributed by atoms with Gasteiger partial charge in [0, 0.05) is 37.6 Å². The molecule has 4 rings (SSSR count). The molecule has 8 nitrogen and oxygen atoms in total. The number of benzene rings is 1. The summed E-state index contributed by atoms with van der Waals surface area (Å²) in [6.07, 6.45) is 1.68. The van der Waals surface area contributed by atoms with E-state index in [4.69, 9.17) is 9.47 Å². The molecule has 2 fully saturated rings. The molecule has 9 heteroatoms. The van der Waals surface area contributed by atoms with Crippen LogP contribution in [0.4, 0.5) is 9.18 Å². The average Bonchev–Trinajstić information content (AvgIpc) is 3.24. The van der Waals surface area contributed by atoms with Crippen molar-refractivity contribution in [3.63, 3.8) is 0 Å². The monoisotopic (exact) mass is 419 g/mol. The van der Waals surface area contributed by atoms with Gasteiger partial charge in [0.1, 0.15) is 22.7 Å². The number of hydrogen-bond donors (Lipinski definition) is 2. The van der Waals surface area contributed by atoms with E-state index in [1.165, 1.54) is 6.07 Å². The molecular weight excluding hydrogens is 393 g/mol. The predicted molar refractivity (Wildman–Crippen MR) is 107 cm³/mol. The van der Waals surface area contributed by atoms with Crippen LogP contribution in [-0.4, -0.2) is 58.0 Å². The molecule has 1 aromatic heterocycles. The first-order valence-corrected chi connectivity index (χ1v) is 10.2. The molecule has 2 aliphatic rings. The summed E-state index contributed by atoms with van der Waals surface area (Å²) in [5.74, 6) is -0.584. The van der Waals surface area contributed by atoms with Gasteiger partial charge in [-0.3, -0.25) is 4.79 Å². The van der Waals surface area contributed by atoms with Crippen LogP contribution in [0, 0.1) is 11.7 Å². The summed E-state index contributed by atoms with van der Waals surface area (Å²) in [6.45, 7) is 6.02. The summed E-state index contributed by atoms with van der Waals surface area (Å²) < 4.78 is 25.3. The Labute approximate surface area is 173 Å². The van der Waals surface area contributed by atoms with Crippen LogP contribution in [0.2, 0.25) is 0 Å². The Morgan fingerprint density at radius 1 is 1.33 bits per heavy atom. The van der Waals surface area contributed by atoms with Crippen molar-refractivity contribution < 1.29 is 23.8 Å². The fourth-order valence-electron chi connectivity index (χ4n) is 4.19. The SMILES string of the molecule is CC(C)(OC(=O)N1CCC(c2nc3c(F)cc(O)cc3c(=O)[nH]2)CC1)C1CCOC1. The number of likely N-dealkylation sites (tertiary alicyclic amines) is 1. The average molecular weight is 419 g/mol. The third kappa shape index (κ3) is 3.98. The summed E-state index contributed by atoms with van der Waals surface area (Å²) in [5.41, 5.74) is -1.15. The van der Waals surface area contributed by atoms with E-state index in [1.54, 1.807) is 4.90 Å². The van der Waals surface area contributed by atoms with Gasteiger partial charge >= 0.3 is 6.09 Å². The molecule has 1 amide bonds. The van der Waals surface area contributed by atoms with Gasteiger partial charge in [-0.25, -0.2) is 14.2 Å². The molecule has 0 radical (unpaired) electrons. The van der Waals surface area contributed by atoms with Gasteiger partial charge in [0.2, 0.25) is 0 Å². The number of H-pyrrole nitrogens is 1. The highest BCUT2D eigenvalue weighted by atomic mass is 19.1. The highest BCUT2D eigenvalue weighted by Crippen LogP contribution is 2.31. The quantitative estimate of drug-likeness (QED) is 0.793. The van der Waals surface area contributed by atoms with Crippen LogP contribution in [0.3, 0.4) is 0 Å². The van der Waals surface area contributed by atoms with Crippen LogP contribution < -0.4 is 5.56 Å². The first-order chi connectivity index (χ1) is 14.2. The van der Waals surface area contributed by atoms with Gasteiger partial charge in [-0.15, -0.1) is 0 Å². The lowest BCUT2D eigenvalue weighted by atomic mass is 9.90. The van der Waals surface area contributed by atoms with Gasteiger partial charge in [-0.1, -0.05) is 0 Å². The van der Waals surface area contributed by atoms with Crippen molar-refractivity contribution in [3.05, 3.63) is 34.1 Å². The van der Waals surface area contributed by atoms with Gasteiger partial charge in [0.15, 0.2) is 5.82 Å². The fraction of sp³-hybridized carbons (Fsp3) is 0.571. The zero-order chi connectivity index (χ0) is 21.5. The van der Waals surface area contributed by atoms with Gasteiger partial charge < -0.3 is 24.5 Å². The lowest BCUT2D eigenvalue weighted by Crippen LogP contribution is -2.45. The number of rotatable bonds is 3. The predicted octanol–water partition coefficient (Wildman–Crippen LogP) is 2.90. The number of aromatic nitrogens is 2. The van der Waals surface area contributed by atoms with E-state index >= 15 is 0 Å². The van der Waals surface area contributed by atoms with Crippen LogP contribution in [0.15, 0.2) is 16.9 Å². The minimum Gasteiger partial charge on any atom is -0.508 e. The van der Waals surface area contributed by atoms with Gasteiger partial charge in [0.25, 0.3) is 5.56 Å². The molecule has 30 heavy (non-hydrogen) atoms. The molecule has 162 valence electrons. The molecule has 1 aromatic carbocycles. The summed E-state index contributed by atoms with van der Waals surface area (Å²) in [7, 11) is 0. The number of nitrogens with one attached hydrogen (secondary N) is 1. The van der Waals surface area contributed by atoms with Crippen molar-refractivity contribution in [3.8, 4) is 5.75 Å². The largest absolute Gasteiger partial charge is 0.508 e. The van der Waals surface area contributed by atoms with Gasteiger partial charge in [-0.05, 0) is 39.2 Å². The summed E-state index contributed by atoms with van der Waals surface area (Å²) in [5, 5.41) is 9.52. The standard InChI is InChI=1S/C21H26FN3O5/c1-21(2,13-5-8-29-11-13)30-20(28)25-6-3-12(4-7-25)18-23-17-15(19(27)24-18)9-14(26)10-16(17)22/h9-10,12-13,26H,3-8,11H2,1-2H3,(H,23,24,27). The number of ether oxygens (including phenoxy) is 2. The fourth-order valence-corrected chi connectivity index (χ4v) is 4.19. The Balaban J connectivity index is 1.43. The number of halogens is 1. The molecule has 0 spiro atoms. The zero-order valence-corrected chi connectivity index (χ0v) is 17.1. The van der Waals surface area contributed by atoms with Crippen LogP contribution in [-0.2, 0) is 9.47 Å². The number of hydrogen-bond acceptors (Lipinski definition) is 6. The third-order valence-electron chi connectivity index (χ3n) is 6.17. The molecule has 0 saturated carbocycles. The lowest BCUT2D eigenvalue weighted by Gasteiger charge is -2.36. The Bertz CT molecular complexity index is 1010. The molecule has 2 saturated heterocycles. The second-order valence-corrected chi connectivity index (χ2v) is 8.57. The number of aromatic amines is 1. The van der Waals surface area contributed by atoms with Crippen molar-refractivity contribution in [1.29, 1.82) is 0 Å². The molecule has 0 aliphatic carbocycles. The molecule has 1 atom stereocenters. The molecule has 0 bridgehead atoms. The minimum absolute atomic E-state index is 0.00962. The maximum atomic E-state index is 14.2. The van der Waals surface area contributed by atoms with E-state index in [0.717, 1.165) is 12.5 Å². The van der Waals surface area contributed by atoms with E-state index in [1.807, 2.05) is 13.8 Å². The van der Waals surface area contributed by atoms with Crippen molar-refractivity contribution in [2.45, 2.75) is 44.6 Å². The number of piperidine rings is 1. The maximum absolute atomic E-state index is 14.2. The first kappa shape index (κ1) is 20.6. The van der Waals surface area contributed by atoms with Crippen molar-refractivity contribution in [1.82, 2.24) is 14.9 Å². The highest BCUT2D eigenvalue weighted by molar-refractivity contribution is 5.79. The minimum atomic E-state index is -0.739. The molecule has 1 unspecified atom stereocenters. The van der Waals surface area contributed by atoms with E-state index in [-0.39, 0.29) is 34.6 Å². The molecule has 2 N–H and O–H groups in total. The van der Waals surface area contributed by atoms with Crippen molar-refractivity contribution >= 4 is 17.0 Å². The van der Waals surface area contributed by atoms with Crippen molar-refractivity contribution in [2.24, 2.45) is 5.92 Å². The van der Waals surface area contributed by atoms with Gasteiger partial charge in [0.05, 0.1) is 12.0 Å². The topological polar surface area (TPSA) is 105 Å². The summed E-state index contributed by atoms with van der Waals surface area (Å²) >= 11 is 0. The van der Waals surface area contributed by atoms with E-state index < -0.39 is 17.0 Å². The van der Waals surface area contributed by atoms with Crippen LogP contribution in [0.1, 0.15) is 44.9 Å². The number of carbonyl (C=O) groups excluding carboxylic acids is 1. The summed E-state index contributed by atoms with van der Waals surface area (Å²) in [6, 6.07) is 2.14. The second kappa shape index (κ2) is 7.86. The van der Waals surface area contributed by atoms with E-state index in [0.29, 0.717) is 45.0 Å². The third-order valence-corrected chi connectivity index (χ3v) is 6.17. The van der Waals surface area contributed by atoms with Crippen molar-refractivity contribution in [2.75, 3.05) is 26.3 Å². The van der Waals surface area contributed by atoms with Gasteiger partial charge in [-0.2, -0.15) is 0 Å². The van der Waals surface area contributed by atoms with Crippen LogP contribution in [0.5, 0.6) is 5.75 Å². The Hall–Kier alpha value is -2.68. The molecular formula is C21H26FN3O5. The number of phenolic OH excluding ortho intramolecular Hbond substituents is 1. The van der Waals surface area contributed by atoms with Crippen LogP contribution in [0.25, 0.3) is 10.9 Å². The maximum Gasteiger partial charge on any atom is 0.410 e. The Morgan fingerprint density at radius 3 is 2.73 bits per heavy atom. The second-order valence-electron chi connectivity index (χ2n) is 8.57. The number of nitrogens with zero attached hydrogens (tertiary/aromatic N) is 2. The number of amides is 1. The number of aromatic hydroxyl groups is 1. The van der Waals surface area contributed by atoms with Crippen LogP contribution >= 0.6 is 0 Å². The molecule has 2 aliphatic heterocycles. The Kier molecular flexibility index (Phi) is 5.40. The highest BCUT2D eigenvalue weighted by Gasteiger charge is 2.38. The lowest BCUT2D eigenvalue weighted by molar-refractivity contribution is -0.0288. The molecule has 3 heterocycles. The Morgan fingerprint density at radius 2 is 2.07 bits per heavy atom.